The van der Waals surface area contributed by atoms with Gasteiger partial charge in [-0.25, -0.2) is 14.6 Å². The highest BCUT2D eigenvalue weighted by molar-refractivity contribution is 5.68. The third kappa shape index (κ3) is 4.03. The quantitative estimate of drug-likeness (QED) is 0.505. The molecule has 0 bridgehead atoms. The first-order valence-electron chi connectivity index (χ1n) is 5.47. The summed E-state index contributed by atoms with van der Waals surface area (Å²) in [5.74, 6) is 0. The predicted molar refractivity (Wildman–Crippen MR) is 59.0 cm³/mol. The average molecular weight is 226 g/mol. The van der Waals surface area contributed by atoms with Gasteiger partial charge in [-0.05, 0) is 33.6 Å². The van der Waals surface area contributed by atoms with Crippen LogP contribution in [0, 0.1) is 0 Å². The van der Waals surface area contributed by atoms with Gasteiger partial charge in [0.1, 0.15) is 5.60 Å². The number of hydrogen-bond donors (Lipinski definition) is 0. The first kappa shape index (κ1) is 12.7. The topological polar surface area (TPSA) is 59.0 Å². The first-order valence-corrected chi connectivity index (χ1v) is 5.47. The summed E-state index contributed by atoms with van der Waals surface area (Å²) in [7, 11) is 0. The van der Waals surface area contributed by atoms with Crippen molar-refractivity contribution in [3.05, 3.63) is 0 Å². The summed E-state index contributed by atoms with van der Waals surface area (Å²) in [6.07, 6.45) is 2.88. The Bertz CT molecular complexity index is 303. The molecule has 1 aliphatic heterocycles. The van der Waals surface area contributed by atoms with Gasteiger partial charge < -0.3 is 9.64 Å². The average Bonchev–Trinajstić information content (AvgIpc) is 2.16. The zero-order valence-corrected chi connectivity index (χ0v) is 10.0. The van der Waals surface area contributed by atoms with E-state index in [1.54, 1.807) is 11.0 Å². The Morgan fingerprint density at radius 3 is 2.75 bits per heavy atom. The SMILES string of the molecule is CC(C)(C)OC(=O)N1CCC[C@H](N=C=O)C1. The van der Waals surface area contributed by atoms with Crippen LogP contribution in [0.1, 0.15) is 33.6 Å². The lowest BCUT2D eigenvalue weighted by Crippen LogP contribution is -2.44. The smallest absolute Gasteiger partial charge is 0.410 e. The largest absolute Gasteiger partial charge is 0.444 e. The molecular weight excluding hydrogens is 208 g/mol. The van der Waals surface area contributed by atoms with E-state index in [0.29, 0.717) is 13.1 Å². The summed E-state index contributed by atoms with van der Waals surface area (Å²) in [5.41, 5.74) is -0.488. The van der Waals surface area contributed by atoms with E-state index >= 15 is 0 Å². The Kier molecular flexibility index (Phi) is 4.07. The molecule has 0 aromatic heterocycles. The number of isocyanates is 1. The van der Waals surface area contributed by atoms with Gasteiger partial charge in [-0.2, -0.15) is 0 Å². The molecule has 5 heteroatoms. The predicted octanol–water partition coefficient (Wildman–Crippen LogP) is 1.72. The summed E-state index contributed by atoms with van der Waals surface area (Å²) >= 11 is 0. The van der Waals surface area contributed by atoms with Crippen LogP contribution in [0.2, 0.25) is 0 Å². The van der Waals surface area contributed by atoms with Crippen LogP contribution in [-0.4, -0.2) is 41.8 Å². The molecule has 1 amide bonds. The standard InChI is InChI=1S/C11H18N2O3/c1-11(2,3)16-10(15)13-6-4-5-9(7-13)12-8-14/h9H,4-7H2,1-3H3/t9-/m0/s1. The number of hydrogen-bond acceptors (Lipinski definition) is 4. The van der Waals surface area contributed by atoms with Crippen LogP contribution in [-0.2, 0) is 9.53 Å². The van der Waals surface area contributed by atoms with Crippen molar-refractivity contribution in [2.45, 2.75) is 45.3 Å². The van der Waals surface area contributed by atoms with Gasteiger partial charge in [0.15, 0.2) is 0 Å². The number of amides is 1. The molecule has 1 rings (SSSR count). The zero-order valence-electron chi connectivity index (χ0n) is 10.0. The fourth-order valence-corrected chi connectivity index (χ4v) is 1.63. The Balaban J connectivity index is 2.53. The maximum atomic E-state index is 11.7. The van der Waals surface area contributed by atoms with E-state index in [0.717, 1.165) is 12.8 Å². The maximum absolute atomic E-state index is 11.7. The van der Waals surface area contributed by atoms with Crippen LogP contribution in [0.4, 0.5) is 4.79 Å². The van der Waals surface area contributed by atoms with E-state index in [9.17, 15) is 9.59 Å². The molecule has 0 aromatic carbocycles. The minimum absolute atomic E-state index is 0.126. The second-order valence-electron chi connectivity index (χ2n) is 4.94. The van der Waals surface area contributed by atoms with E-state index in [1.807, 2.05) is 20.8 Å². The van der Waals surface area contributed by atoms with Gasteiger partial charge in [-0.1, -0.05) is 0 Å². The number of rotatable bonds is 1. The molecule has 5 nitrogen and oxygen atoms in total. The van der Waals surface area contributed by atoms with Crippen molar-refractivity contribution >= 4 is 12.2 Å². The monoisotopic (exact) mass is 226 g/mol. The van der Waals surface area contributed by atoms with Crippen LogP contribution < -0.4 is 0 Å². The number of ether oxygens (including phenoxy) is 1. The normalized spacial score (nSPS) is 21.2. The third-order valence-electron chi connectivity index (χ3n) is 2.28. The second kappa shape index (κ2) is 5.12. The van der Waals surface area contributed by atoms with Crippen LogP contribution in [0.25, 0.3) is 0 Å². The molecule has 0 radical (unpaired) electrons. The Hall–Kier alpha value is -1.35. The summed E-state index contributed by atoms with van der Waals surface area (Å²) in [6.45, 7) is 6.60. The van der Waals surface area contributed by atoms with Crippen molar-refractivity contribution in [1.29, 1.82) is 0 Å². The molecule has 0 saturated carbocycles. The molecule has 1 atom stereocenters. The van der Waals surface area contributed by atoms with E-state index in [4.69, 9.17) is 4.74 Å². The van der Waals surface area contributed by atoms with Crippen molar-refractivity contribution < 1.29 is 14.3 Å². The Morgan fingerprint density at radius 2 is 2.19 bits per heavy atom. The first-order chi connectivity index (χ1) is 7.42. The number of likely N-dealkylation sites (tertiary alicyclic amines) is 1. The summed E-state index contributed by atoms with van der Waals surface area (Å²) in [5, 5.41) is 0. The van der Waals surface area contributed by atoms with Crippen molar-refractivity contribution in [3.63, 3.8) is 0 Å². The molecule has 0 aromatic rings. The minimum Gasteiger partial charge on any atom is -0.444 e. The molecule has 1 saturated heterocycles. The van der Waals surface area contributed by atoms with Crippen molar-refractivity contribution in [3.8, 4) is 0 Å². The summed E-state index contributed by atoms with van der Waals surface area (Å²) < 4.78 is 5.25. The molecule has 1 fully saturated rings. The lowest BCUT2D eigenvalue weighted by atomic mass is 10.1. The minimum atomic E-state index is -0.488. The second-order valence-corrected chi connectivity index (χ2v) is 4.94. The van der Waals surface area contributed by atoms with Gasteiger partial charge in [0, 0.05) is 13.1 Å². The molecule has 0 aliphatic carbocycles. The number of carbonyl (C=O) groups excluding carboxylic acids is 2. The van der Waals surface area contributed by atoms with Gasteiger partial charge in [0.2, 0.25) is 6.08 Å². The van der Waals surface area contributed by atoms with Crippen LogP contribution in [0.5, 0.6) is 0 Å². The van der Waals surface area contributed by atoms with Gasteiger partial charge in [-0.15, -0.1) is 0 Å². The van der Waals surface area contributed by atoms with E-state index in [1.165, 1.54) is 0 Å². The molecule has 0 spiro atoms. The Morgan fingerprint density at radius 1 is 1.50 bits per heavy atom. The van der Waals surface area contributed by atoms with E-state index in [2.05, 4.69) is 4.99 Å². The fourth-order valence-electron chi connectivity index (χ4n) is 1.63. The van der Waals surface area contributed by atoms with Crippen molar-refractivity contribution in [2.75, 3.05) is 13.1 Å². The number of piperidine rings is 1. The van der Waals surface area contributed by atoms with Crippen LogP contribution in [0.15, 0.2) is 4.99 Å². The highest BCUT2D eigenvalue weighted by Crippen LogP contribution is 2.16. The maximum Gasteiger partial charge on any atom is 0.410 e. The Labute approximate surface area is 95.5 Å². The molecule has 16 heavy (non-hydrogen) atoms. The van der Waals surface area contributed by atoms with E-state index in [-0.39, 0.29) is 12.1 Å². The zero-order chi connectivity index (χ0) is 12.2. The third-order valence-corrected chi connectivity index (χ3v) is 2.28. The summed E-state index contributed by atoms with van der Waals surface area (Å²) in [4.78, 5) is 27.1. The van der Waals surface area contributed by atoms with Gasteiger partial charge in [0.25, 0.3) is 0 Å². The summed E-state index contributed by atoms with van der Waals surface area (Å²) in [6, 6.07) is -0.126. The van der Waals surface area contributed by atoms with E-state index < -0.39 is 5.60 Å². The fraction of sp³-hybridized carbons (Fsp3) is 0.818. The van der Waals surface area contributed by atoms with Crippen LogP contribution >= 0.6 is 0 Å². The van der Waals surface area contributed by atoms with Gasteiger partial charge >= 0.3 is 6.09 Å². The lowest BCUT2D eigenvalue weighted by Gasteiger charge is -2.32. The van der Waals surface area contributed by atoms with Gasteiger partial charge in [0.05, 0.1) is 6.04 Å². The number of aliphatic imine (C=N–C) groups is 1. The van der Waals surface area contributed by atoms with Crippen molar-refractivity contribution in [2.24, 2.45) is 4.99 Å². The molecule has 1 heterocycles. The number of carbonyl (C=O) groups is 1. The van der Waals surface area contributed by atoms with Gasteiger partial charge in [-0.3, -0.25) is 0 Å². The highest BCUT2D eigenvalue weighted by Gasteiger charge is 2.27. The molecule has 0 N–H and O–H groups in total. The highest BCUT2D eigenvalue weighted by atomic mass is 16.6. The van der Waals surface area contributed by atoms with Crippen LogP contribution in [0.3, 0.4) is 0 Å². The lowest BCUT2D eigenvalue weighted by molar-refractivity contribution is 0.0201. The number of nitrogens with zero attached hydrogens (tertiary/aromatic N) is 2. The molecule has 90 valence electrons. The molecule has 1 aliphatic rings. The molecule has 0 unspecified atom stereocenters. The van der Waals surface area contributed by atoms with Crippen molar-refractivity contribution in [1.82, 2.24) is 4.90 Å². The molecular formula is C11H18N2O3.